The van der Waals surface area contributed by atoms with Crippen molar-refractivity contribution >= 4 is 17.4 Å². The minimum atomic E-state index is 0.433. The van der Waals surface area contributed by atoms with Gasteiger partial charge in [-0.2, -0.15) is 0 Å². The molecule has 0 aromatic carbocycles. The number of nitrogens with zero attached hydrogens (tertiary/aromatic N) is 3. The lowest BCUT2D eigenvalue weighted by Gasteiger charge is -2.26. The Kier molecular flexibility index (Phi) is 3.33. The summed E-state index contributed by atoms with van der Waals surface area (Å²) < 4.78 is 0. The van der Waals surface area contributed by atoms with E-state index in [1.807, 2.05) is 6.07 Å². The SMILES string of the molecule is CCN(c1cc(Cl)nc(C2CC2)n1)C(C)C. The summed E-state index contributed by atoms with van der Waals surface area (Å²) in [6.45, 7) is 7.40. The maximum Gasteiger partial charge on any atom is 0.135 e. The summed E-state index contributed by atoms with van der Waals surface area (Å²) in [6, 6.07) is 2.29. The highest BCUT2D eigenvalue weighted by Crippen LogP contribution is 2.39. The van der Waals surface area contributed by atoms with Gasteiger partial charge in [-0.1, -0.05) is 11.6 Å². The lowest BCUT2D eigenvalue weighted by Crippen LogP contribution is -2.31. The normalized spacial score (nSPS) is 15.6. The van der Waals surface area contributed by atoms with Gasteiger partial charge in [-0.15, -0.1) is 0 Å². The van der Waals surface area contributed by atoms with Crippen LogP contribution in [0.25, 0.3) is 0 Å². The molecule has 3 nitrogen and oxygen atoms in total. The second kappa shape index (κ2) is 4.58. The lowest BCUT2D eigenvalue weighted by molar-refractivity contribution is 0.687. The Morgan fingerprint density at radius 3 is 2.62 bits per heavy atom. The van der Waals surface area contributed by atoms with E-state index in [0.29, 0.717) is 17.1 Å². The Morgan fingerprint density at radius 2 is 2.12 bits per heavy atom. The number of aromatic nitrogens is 2. The van der Waals surface area contributed by atoms with Gasteiger partial charge in [0.2, 0.25) is 0 Å². The zero-order valence-corrected chi connectivity index (χ0v) is 10.8. The molecule has 1 aromatic rings. The molecule has 0 atom stereocenters. The van der Waals surface area contributed by atoms with Crippen molar-refractivity contribution in [2.24, 2.45) is 0 Å². The molecule has 16 heavy (non-hydrogen) atoms. The number of hydrogen-bond acceptors (Lipinski definition) is 3. The number of rotatable bonds is 4. The van der Waals surface area contributed by atoms with E-state index < -0.39 is 0 Å². The van der Waals surface area contributed by atoms with E-state index in [9.17, 15) is 0 Å². The first-order valence-electron chi connectivity index (χ1n) is 5.93. The van der Waals surface area contributed by atoms with E-state index in [2.05, 4.69) is 35.6 Å². The highest BCUT2D eigenvalue weighted by molar-refractivity contribution is 6.29. The van der Waals surface area contributed by atoms with Gasteiger partial charge in [0.1, 0.15) is 16.8 Å². The van der Waals surface area contributed by atoms with Gasteiger partial charge in [0.15, 0.2) is 0 Å². The summed E-state index contributed by atoms with van der Waals surface area (Å²) in [4.78, 5) is 11.2. The van der Waals surface area contributed by atoms with Crippen molar-refractivity contribution in [1.29, 1.82) is 0 Å². The van der Waals surface area contributed by atoms with E-state index >= 15 is 0 Å². The number of hydrogen-bond donors (Lipinski definition) is 0. The molecule has 0 radical (unpaired) electrons. The molecule has 0 unspecified atom stereocenters. The molecule has 1 saturated carbocycles. The second-order valence-corrected chi connectivity index (χ2v) is 4.95. The van der Waals surface area contributed by atoms with E-state index in [1.165, 1.54) is 12.8 Å². The van der Waals surface area contributed by atoms with Gasteiger partial charge in [-0.05, 0) is 33.6 Å². The molecule has 4 heteroatoms. The summed E-state index contributed by atoms with van der Waals surface area (Å²) >= 11 is 6.05. The van der Waals surface area contributed by atoms with Crippen molar-refractivity contribution in [2.45, 2.75) is 45.6 Å². The molecule has 1 aliphatic rings. The van der Waals surface area contributed by atoms with E-state index in [-0.39, 0.29) is 0 Å². The van der Waals surface area contributed by atoms with Crippen LogP contribution in [0.15, 0.2) is 6.07 Å². The minimum Gasteiger partial charge on any atom is -0.354 e. The van der Waals surface area contributed by atoms with E-state index in [4.69, 9.17) is 11.6 Å². The van der Waals surface area contributed by atoms with Gasteiger partial charge >= 0.3 is 0 Å². The largest absolute Gasteiger partial charge is 0.354 e. The zero-order valence-electron chi connectivity index (χ0n) is 10.1. The molecule has 1 aromatic heterocycles. The maximum atomic E-state index is 6.05. The predicted octanol–water partition coefficient (Wildman–Crippen LogP) is 3.24. The molecule has 0 aliphatic heterocycles. The average Bonchev–Trinajstić information content (AvgIpc) is 3.00. The van der Waals surface area contributed by atoms with Crippen molar-refractivity contribution in [1.82, 2.24) is 9.97 Å². The summed E-state index contributed by atoms with van der Waals surface area (Å²) in [6.07, 6.45) is 2.40. The highest BCUT2D eigenvalue weighted by atomic mass is 35.5. The summed E-state index contributed by atoms with van der Waals surface area (Å²) in [7, 11) is 0. The average molecular weight is 240 g/mol. The first-order chi connectivity index (χ1) is 7.61. The Bertz CT molecular complexity index is 375. The molecule has 1 fully saturated rings. The molecule has 1 aliphatic carbocycles. The van der Waals surface area contributed by atoms with Crippen molar-refractivity contribution in [3.63, 3.8) is 0 Å². The third kappa shape index (κ3) is 2.46. The molecular weight excluding hydrogens is 222 g/mol. The first-order valence-corrected chi connectivity index (χ1v) is 6.30. The molecule has 1 heterocycles. The molecular formula is C12H18ClN3. The third-order valence-electron chi connectivity index (χ3n) is 2.90. The van der Waals surface area contributed by atoms with Crippen LogP contribution in [0.2, 0.25) is 5.15 Å². The number of anilines is 1. The molecule has 0 N–H and O–H groups in total. The van der Waals surface area contributed by atoms with Crippen molar-refractivity contribution in [3.05, 3.63) is 17.0 Å². The quantitative estimate of drug-likeness (QED) is 0.756. The van der Waals surface area contributed by atoms with Gasteiger partial charge in [0, 0.05) is 24.6 Å². The van der Waals surface area contributed by atoms with Crippen LogP contribution in [0.3, 0.4) is 0 Å². The lowest BCUT2D eigenvalue weighted by atomic mass is 10.3. The van der Waals surface area contributed by atoms with E-state index in [1.54, 1.807) is 0 Å². The van der Waals surface area contributed by atoms with Crippen LogP contribution in [-0.4, -0.2) is 22.6 Å². The van der Waals surface area contributed by atoms with Gasteiger partial charge in [-0.3, -0.25) is 0 Å². The monoisotopic (exact) mass is 239 g/mol. The standard InChI is InChI=1S/C12H18ClN3/c1-4-16(8(2)3)11-7-10(13)14-12(15-11)9-5-6-9/h7-9H,4-6H2,1-3H3. The fraction of sp³-hybridized carbons (Fsp3) is 0.667. The van der Waals surface area contributed by atoms with Gasteiger partial charge in [0.05, 0.1) is 0 Å². The molecule has 0 amide bonds. The minimum absolute atomic E-state index is 0.433. The van der Waals surface area contributed by atoms with Crippen molar-refractivity contribution in [2.75, 3.05) is 11.4 Å². The molecule has 88 valence electrons. The van der Waals surface area contributed by atoms with Crippen LogP contribution in [0, 0.1) is 0 Å². The Hall–Kier alpha value is -0.830. The predicted molar refractivity (Wildman–Crippen MR) is 67.2 cm³/mol. The maximum absolute atomic E-state index is 6.05. The summed E-state index contributed by atoms with van der Waals surface area (Å²) in [5.74, 6) is 2.42. The first kappa shape index (κ1) is 11.6. The molecule has 0 saturated heterocycles. The Morgan fingerprint density at radius 1 is 1.44 bits per heavy atom. The zero-order chi connectivity index (χ0) is 11.7. The van der Waals surface area contributed by atoms with Crippen LogP contribution >= 0.6 is 11.6 Å². The van der Waals surface area contributed by atoms with Gasteiger partial charge < -0.3 is 4.90 Å². The topological polar surface area (TPSA) is 29.0 Å². The number of halogens is 1. The van der Waals surface area contributed by atoms with Crippen LogP contribution in [0.5, 0.6) is 0 Å². The molecule has 0 spiro atoms. The summed E-state index contributed by atoms with van der Waals surface area (Å²) in [5, 5.41) is 0.561. The van der Waals surface area contributed by atoms with Crippen LogP contribution < -0.4 is 4.90 Å². The van der Waals surface area contributed by atoms with Crippen LogP contribution in [0.1, 0.15) is 45.4 Å². The summed E-state index contributed by atoms with van der Waals surface area (Å²) in [5.41, 5.74) is 0. The van der Waals surface area contributed by atoms with Crippen molar-refractivity contribution < 1.29 is 0 Å². The van der Waals surface area contributed by atoms with Gasteiger partial charge in [0.25, 0.3) is 0 Å². The fourth-order valence-corrected chi connectivity index (χ4v) is 2.07. The van der Waals surface area contributed by atoms with Crippen LogP contribution in [0.4, 0.5) is 5.82 Å². The molecule has 0 bridgehead atoms. The Labute approximate surface area is 102 Å². The van der Waals surface area contributed by atoms with E-state index in [0.717, 1.165) is 18.2 Å². The Balaban J connectivity index is 2.31. The highest BCUT2D eigenvalue weighted by Gasteiger charge is 2.27. The van der Waals surface area contributed by atoms with Crippen LogP contribution in [-0.2, 0) is 0 Å². The second-order valence-electron chi connectivity index (χ2n) is 4.56. The van der Waals surface area contributed by atoms with Crippen molar-refractivity contribution in [3.8, 4) is 0 Å². The fourth-order valence-electron chi connectivity index (χ4n) is 1.89. The van der Waals surface area contributed by atoms with Gasteiger partial charge in [-0.25, -0.2) is 9.97 Å². The molecule has 2 rings (SSSR count). The third-order valence-corrected chi connectivity index (χ3v) is 3.09. The smallest absolute Gasteiger partial charge is 0.135 e.